The fourth-order valence-electron chi connectivity index (χ4n) is 1.04. The molecule has 0 unspecified atom stereocenters. The molecule has 4 nitrogen and oxygen atoms in total. The molecular formula is C12H14N2O2. The van der Waals surface area contributed by atoms with E-state index in [0.29, 0.717) is 17.8 Å². The molecule has 0 aliphatic rings. The summed E-state index contributed by atoms with van der Waals surface area (Å²) in [6.45, 7) is 1.74. The summed E-state index contributed by atoms with van der Waals surface area (Å²) in [7, 11) is 0. The van der Waals surface area contributed by atoms with Gasteiger partial charge in [0.25, 0.3) is 0 Å². The average Bonchev–Trinajstić information content (AvgIpc) is 2.29. The van der Waals surface area contributed by atoms with Crippen molar-refractivity contribution in [2.24, 2.45) is 0 Å². The van der Waals surface area contributed by atoms with Crippen molar-refractivity contribution in [1.82, 2.24) is 0 Å². The number of ketones is 1. The molecule has 0 saturated heterocycles. The van der Waals surface area contributed by atoms with Crippen LogP contribution in [-0.2, 0) is 9.59 Å². The Labute approximate surface area is 94.1 Å². The van der Waals surface area contributed by atoms with Crippen LogP contribution in [0.1, 0.15) is 13.3 Å². The van der Waals surface area contributed by atoms with Gasteiger partial charge in [-0.2, -0.15) is 0 Å². The largest absolute Gasteiger partial charge is 0.399 e. The van der Waals surface area contributed by atoms with Crippen LogP contribution < -0.4 is 11.1 Å². The van der Waals surface area contributed by atoms with E-state index in [2.05, 4.69) is 5.32 Å². The summed E-state index contributed by atoms with van der Waals surface area (Å²) in [5, 5.41) is 2.62. The lowest BCUT2D eigenvalue weighted by atomic mass is 10.2. The highest BCUT2D eigenvalue weighted by atomic mass is 16.1. The quantitative estimate of drug-likeness (QED) is 0.597. The molecule has 1 aromatic carbocycles. The van der Waals surface area contributed by atoms with E-state index in [1.807, 2.05) is 0 Å². The van der Waals surface area contributed by atoms with Gasteiger partial charge in [0, 0.05) is 23.9 Å². The number of carbonyl (C=O) groups is 2. The summed E-state index contributed by atoms with van der Waals surface area (Å²) in [5.74, 6) is -0.404. The second-order valence-corrected chi connectivity index (χ2v) is 3.26. The van der Waals surface area contributed by atoms with Gasteiger partial charge in [-0.25, -0.2) is 0 Å². The first-order valence-corrected chi connectivity index (χ1v) is 4.99. The van der Waals surface area contributed by atoms with E-state index in [0.717, 1.165) is 0 Å². The predicted octanol–water partition coefficient (Wildman–Crippen LogP) is 1.74. The van der Waals surface area contributed by atoms with E-state index in [1.54, 1.807) is 31.2 Å². The minimum absolute atomic E-state index is 0.0764. The Morgan fingerprint density at radius 1 is 1.25 bits per heavy atom. The van der Waals surface area contributed by atoms with Crippen molar-refractivity contribution in [1.29, 1.82) is 0 Å². The maximum absolute atomic E-state index is 11.3. The second kappa shape index (κ2) is 5.70. The van der Waals surface area contributed by atoms with Crippen molar-refractivity contribution < 1.29 is 9.59 Å². The molecule has 0 heterocycles. The van der Waals surface area contributed by atoms with Crippen LogP contribution in [0, 0.1) is 0 Å². The molecule has 84 valence electrons. The van der Waals surface area contributed by atoms with E-state index in [4.69, 9.17) is 5.73 Å². The molecule has 0 radical (unpaired) electrons. The maximum Gasteiger partial charge on any atom is 0.248 e. The molecule has 4 heteroatoms. The summed E-state index contributed by atoms with van der Waals surface area (Å²) in [6.07, 6.45) is 2.89. The lowest BCUT2D eigenvalue weighted by molar-refractivity contribution is -0.115. The lowest BCUT2D eigenvalue weighted by Crippen LogP contribution is -2.08. The van der Waals surface area contributed by atoms with Crippen LogP contribution in [0.25, 0.3) is 0 Å². The highest BCUT2D eigenvalue weighted by Gasteiger charge is 1.98. The molecule has 0 aliphatic carbocycles. The Balaban J connectivity index is 2.55. The minimum Gasteiger partial charge on any atom is -0.399 e. The zero-order chi connectivity index (χ0) is 12.0. The Morgan fingerprint density at radius 3 is 2.44 bits per heavy atom. The van der Waals surface area contributed by atoms with E-state index in [9.17, 15) is 9.59 Å². The van der Waals surface area contributed by atoms with Gasteiger partial charge in [-0.1, -0.05) is 6.92 Å². The number of nitrogen functional groups attached to an aromatic ring is 1. The Kier molecular flexibility index (Phi) is 4.27. The summed E-state index contributed by atoms with van der Waals surface area (Å²) < 4.78 is 0. The third-order valence-electron chi connectivity index (χ3n) is 1.95. The molecule has 0 atom stereocenters. The van der Waals surface area contributed by atoms with Gasteiger partial charge >= 0.3 is 0 Å². The van der Waals surface area contributed by atoms with Gasteiger partial charge in [-0.15, -0.1) is 0 Å². The van der Waals surface area contributed by atoms with E-state index in [1.165, 1.54) is 12.2 Å². The number of nitrogens with one attached hydrogen (secondary N) is 1. The standard InChI is InChI=1S/C12H14N2O2/c1-2-11(15)7-8-12(16)14-10-5-3-9(13)4-6-10/h3-8H,2,13H2,1H3,(H,14,16)/b8-7-. The number of hydrogen-bond donors (Lipinski definition) is 2. The molecule has 0 saturated carbocycles. The number of hydrogen-bond acceptors (Lipinski definition) is 3. The van der Waals surface area contributed by atoms with Crippen LogP contribution in [0.5, 0.6) is 0 Å². The van der Waals surface area contributed by atoms with Crippen molar-refractivity contribution in [2.45, 2.75) is 13.3 Å². The molecule has 0 bridgehead atoms. The third-order valence-corrected chi connectivity index (χ3v) is 1.95. The number of benzene rings is 1. The second-order valence-electron chi connectivity index (χ2n) is 3.26. The number of amides is 1. The number of nitrogens with two attached hydrogens (primary N) is 1. The van der Waals surface area contributed by atoms with Crippen LogP contribution in [0.3, 0.4) is 0 Å². The summed E-state index contributed by atoms with van der Waals surface area (Å²) in [6, 6.07) is 6.78. The number of anilines is 2. The van der Waals surface area contributed by atoms with Gasteiger partial charge < -0.3 is 11.1 Å². The highest BCUT2D eigenvalue weighted by Crippen LogP contribution is 2.10. The Morgan fingerprint density at radius 2 is 1.88 bits per heavy atom. The first-order valence-electron chi connectivity index (χ1n) is 4.99. The number of carbonyl (C=O) groups excluding carboxylic acids is 2. The van der Waals surface area contributed by atoms with Crippen molar-refractivity contribution >= 4 is 23.1 Å². The maximum atomic E-state index is 11.3. The van der Waals surface area contributed by atoms with Gasteiger partial charge in [-0.3, -0.25) is 9.59 Å². The first-order chi connectivity index (χ1) is 7.61. The summed E-state index contributed by atoms with van der Waals surface area (Å²) >= 11 is 0. The molecule has 1 rings (SSSR count). The van der Waals surface area contributed by atoms with Gasteiger partial charge in [0.2, 0.25) is 5.91 Å². The Bertz CT molecular complexity index is 408. The van der Waals surface area contributed by atoms with Crippen LogP contribution >= 0.6 is 0 Å². The molecule has 0 aromatic heterocycles. The fraction of sp³-hybridized carbons (Fsp3) is 0.167. The van der Waals surface area contributed by atoms with Gasteiger partial charge in [0.1, 0.15) is 0 Å². The summed E-state index contributed by atoms with van der Waals surface area (Å²) in [5.41, 5.74) is 6.78. The molecule has 16 heavy (non-hydrogen) atoms. The van der Waals surface area contributed by atoms with Crippen molar-refractivity contribution in [2.75, 3.05) is 11.1 Å². The molecule has 1 amide bonds. The first kappa shape index (κ1) is 12.0. The SMILES string of the molecule is CCC(=O)/C=C\C(=O)Nc1ccc(N)cc1. The van der Waals surface area contributed by atoms with Crippen molar-refractivity contribution in [3.05, 3.63) is 36.4 Å². The normalized spacial score (nSPS) is 10.3. The van der Waals surface area contributed by atoms with E-state index >= 15 is 0 Å². The summed E-state index contributed by atoms with van der Waals surface area (Å²) in [4.78, 5) is 22.3. The smallest absolute Gasteiger partial charge is 0.248 e. The molecule has 0 spiro atoms. The zero-order valence-electron chi connectivity index (χ0n) is 9.07. The minimum atomic E-state index is -0.327. The molecule has 0 aliphatic heterocycles. The molecule has 1 aromatic rings. The van der Waals surface area contributed by atoms with Crippen LogP contribution in [-0.4, -0.2) is 11.7 Å². The van der Waals surface area contributed by atoms with Crippen LogP contribution in [0.4, 0.5) is 11.4 Å². The number of allylic oxidation sites excluding steroid dienone is 1. The predicted molar refractivity (Wildman–Crippen MR) is 63.9 cm³/mol. The van der Waals surface area contributed by atoms with Gasteiger partial charge in [0.15, 0.2) is 5.78 Å². The molecular weight excluding hydrogens is 204 g/mol. The van der Waals surface area contributed by atoms with E-state index < -0.39 is 0 Å². The lowest BCUT2D eigenvalue weighted by Gasteiger charge is -2.01. The van der Waals surface area contributed by atoms with Gasteiger partial charge in [-0.05, 0) is 30.3 Å². The fourth-order valence-corrected chi connectivity index (χ4v) is 1.04. The average molecular weight is 218 g/mol. The van der Waals surface area contributed by atoms with E-state index in [-0.39, 0.29) is 11.7 Å². The molecule has 3 N–H and O–H groups in total. The van der Waals surface area contributed by atoms with Crippen LogP contribution in [0.2, 0.25) is 0 Å². The number of rotatable bonds is 4. The van der Waals surface area contributed by atoms with Crippen molar-refractivity contribution in [3.8, 4) is 0 Å². The zero-order valence-corrected chi connectivity index (χ0v) is 9.07. The topological polar surface area (TPSA) is 72.2 Å². The monoisotopic (exact) mass is 218 g/mol. The van der Waals surface area contributed by atoms with Crippen molar-refractivity contribution in [3.63, 3.8) is 0 Å². The van der Waals surface area contributed by atoms with Crippen LogP contribution in [0.15, 0.2) is 36.4 Å². The Hall–Kier alpha value is -2.10. The van der Waals surface area contributed by atoms with Gasteiger partial charge in [0.05, 0.1) is 0 Å². The molecule has 0 fully saturated rings. The third kappa shape index (κ3) is 3.96. The highest BCUT2D eigenvalue weighted by molar-refractivity contribution is 6.03.